The standard InChI is InChI=1S/C13H17FO2/c1-8-5-10(7-11(14)6-8)13(15)12-4-3-9(2)16-12/h5-7,9,12-13,15H,3-4H2,1-2H3. The predicted octanol–water partition coefficient (Wildman–Crippen LogP) is 2.74. The lowest BCUT2D eigenvalue weighted by Crippen LogP contribution is -2.18. The minimum atomic E-state index is -0.723. The van der Waals surface area contributed by atoms with Crippen molar-refractivity contribution in [1.82, 2.24) is 0 Å². The molecule has 1 aromatic rings. The van der Waals surface area contributed by atoms with Gasteiger partial charge in [-0.15, -0.1) is 0 Å². The molecule has 2 nitrogen and oxygen atoms in total. The topological polar surface area (TPSA) is 29.5 Å². The molecule has 88 valence electrons. The fourth-order valence-electron chi connectivity index (χ4n) is 2.22. The molecule has 0 spiro atoms. The van der Waals surface area contributed by atoms with Gasteiger partial charge in [0.2, 0.25) is 0 Å². The Morgan fingerprint density at radius 3 is 2.69 bits per heavy atom. The highest BCUT2D eigenvalue weighted by atomic mass is 19.1. The SMILES string of the molecule is Cc1cc(F)cc(C(O)C2CCC(C)O2)c1. The van der Waals surface area contributed by atoms with Crippen molar-refractivity contribution in [3.63, 3.8) is 0 Å². The van der Waals surface area contributed by atoms with E-state index < -0.39 is 6.10 Å². The van der Waals surface area contributed by atoms with Gasteiger partial charge < -0.3 is 9.84 Å². The molecule has 3 heteroatoms. The summed E-state index contributed by atoms with van der Waals surface area (Å²) in [5.74, 6) is -0.305. The number of ether oxygens (including phenoxy) is 1. The van der Waals surface area contributed by atoms with Gasteiger partial charge in [0.1, 0.15) is 11.9 Å². The Bertz CT molecular complexity index is 358. The van der Waals surface area contributed by atoms with Crippen molar-refractivity contribution in [2.45, 2.75) is 45.0 Å². The van der Waals surface area contributed by atoms with Crippen LogP contribution in [-0.2, 0) is 4.74 Å². The lowest BCUT2D eigenvalue weighted by molar-refractivity contribution is -0.0298. The smallest absolute Gasteiger partial charge is 0.123 e. The summed E-state index contributed by atoms with van der Waals surface area (Å²) in [6, 6.07) is 4.64. The Balaban J connectivity index is 2.17. The van der Waals surface area contributed by atoms with Gasteiger partial charge in [-0.05, 0) is 49.9 Å². The van der Waals surface area contributed by atoms with Gasteiger partial charge in [-0.1, -0.05) is 6.07 Å². The van der Waals surface area contributed by atoms with E-state index in [0.717, 1.165) is 18.4 Å². The summed E-state index contributed by atoms with van der Waals surface area (Å²) >= 11 is 0. The molecule has 1 aromatic carbocycles. The second-order valence-electron chi connectivity index (χ2n) is 4.57. The summed E-state index contributed by atoms with van der Waals surface area (Å²) in [6.07, 6.45) is 1.05. The van der Waals surface area contributed by atoms with Crippen LogP contribution in [0.5, 0.6) is 0 Å². The van der Waals surface area contributed by atoms with Crippen molar-refractivity contribution in [2.75, 3.05) is 0 Å². The number of aliphatic hydroxyl groups excluding tert-OH is 1. The first-order valence-electron chi connectivity index (χ1n) is 5.67. The average molecular weight is 224 g/mol. The van der Waals surface area contributed by atoms with Crippen LogP contribution in [0.3, 0.4) is 0 Å². The highest BCUT2D eigenvalue weighted by molar-refractivity contribution is 5.26. The van der Waals surface area contributed by atoms with Crippen molar-refractivity contribution in [3.05, 3.63) is 35.1 Å². The van der Waals surface area contributed by atoms with Gasteiger partial charge in [-0.2, -0.15) is 0 Å². The van der Waals surface area contributed by atoms with E-state index >= 15 is 0 Å². The fourth-order valence-corrected chi connectivity index (χ4v) is 2.22. The number of hydrogen-bond donors (Lipinski definition) is 1. The molecule has 16 heavy (non-hydrogen) atoms. The van der Waals surface area contributed by atoms with E-state index in [1.807, 2.05) is 13.8 Å². The number of halogens is 1. The van der Waals surface area contributed by atoms with Crippen molar-refractivity contribution in [3.8, 4) is 0 Å². The Kier molecular flexibility index (Phi) is 3.26. The van der Waals surface area contributed by atoms with Crippen LogP contribution < -0.4 is 0 Å². The van der Waals surface area contributed by atoms with Crippen LogP contribution in [0.15, 0.2) is 18.2 Å². The molecule has 0 amide bonds. The third kappa shape index (κ3) is 2.42. The molecule has 3 atom stereocenters. The minimum Gasteiger partial charge on any atom is -0.386 e. The zero-order chi connectivity index (χ0) is 11.7. The van der Waals surface area contributed by atoms with E-state index in [9.17, 15) is 9.50 Å². The Morgan fingerprint density at radius 1 is 1.38 bits per heavy atom. The highest BCUT2D eigenvalue weighted by Crippen LogP contribution is 2.30. The molecular weight excluding hydrogens is 207 g/mol. The van der Waals surface area contributed by atoms with Gasteiger partial charge in [-0.3, -0.25) is 0 Å². The summed E-state index contributed by atoms with van der Waals surface area (Å²) in [7, 11) is 0. The lowest BCUT2D eigenvalue weighted by atomic mass is 10.0. The molecule has 1 heterocycles. The Morgan fingerprint density at radius 2 is 2.12 bits per heavy atom. The molecule has 0 radical (unpaired) electrons. The van der Waals surface area contributed by atoms with Crippen LogP contribution >= 0.6 is 0 Å². The summed E-state index contributed by atoms with van der Waals surface area (Å²) in [5.41, 5.74) is 1.43. The zero-order valence-electron chi connectivity index (χ0n) is 9.61. The molecule has 2 rings (SSSR count). The highest BCUT2D eigenvalue weighted by Gasteiger charge is 2.29. The van der Waals surface area contributed by atoms with Gasteiger partial charge >= 0.3 is 0 Å². The van der Waals surface area contributed by atoms with E-state index in [1.54, 1.807) is 6.07 Å². The maximum Gasteiger partial charge on any atom is 0.123 e. The molecule has 1 saturated heterocycles. The molecular formula is C13H17FO2. The normalized spacial score (nSPS) is 27.0. The van der Waals surface area contributed by atoms with Crippen LogP contribution in [0.25, 0.3) is 0 Å². The van der Waals surface area contributed by atoms with Gasteiger partial charge in [0.25, 0.3) is 0 Å². The number of rotatable bonds is 2. The quantitative estimate of drug-likeness (QED) is 0.837. The Labute approximate surface area is 95.1 Å². The molecule has 0 aliphatic carbocycles. The summed E-state index contributed by atoms with van der Waals surface area (Å²) in [5, 5.41) is 10.1. The van der Waals surface area contributed by atoms with E-state index in [4.69, 9.17) is 4.74 Å². The van der Waals surface area contributed by atoms with Crippen LogP contribution in [0, 0.1) is 12.7 Å². The second-order valence-corrected chi connectivity index (χ2v) is 4.57. The molecule has 1 aliphatic rings. The van der Waals surface area contributed by atoms with Gasteiger partial charge in [0.05, 0.1) is 12.2 Å². The van der Waals surface area contributed by atoms with Crippen LogP contribution in [0.2, 0.25) is 0 Å². The van der Waals surface area contributed by atoms with E-state index in [2.05, 4.69) is 0 Å². The molecule has 3 unspecified atom stereocenters. The minimum absolute atomic E-state index is 0.189. The van der Waals surface area contributed by atoms with Crippen molar-refractivity contribution in [1.29, 1.82) is 0 Å². The molecule has 1 N–H and O–H groups in total. The van der Waals surface area contributed by atoms with Gasteiger partial charge in [0.15, 0.2) is 0 Å². The number of benzene rings is 1. The third-order valence-corrected chi connectivity index (χ3v) is 3.02. The first-order chi connectivity index (χ1) is 7.56. The van der Waals surface area contributed by atoms with E-state index in [1.165, 1.54) is 12.1 Å². The van der Waals surface area contributed by atoms with E-state index in [-0.39, 0.29) is 18.0 Å². The lowest BCUT2D eigenvalue weighted by Gasteiger charge is -2.19. The fraction of sp³-hybridized carbons (Fsp3) is 0.538. The molecule has 1 aliphatic heterocycles. The van der Waals surface area contributed by atoms with E-state index in [0.29, 0.717) is 5.56 Å². The summed E-state index contributed by atoms with van der Waals surface area (Å²) in [6.45, 7) is 3.81. The molecule has 0 aromatic heterocycles. The Hall–Kier alpha value is -0.930. The third-order valence-electron chi connectivity index (χ3n) is 3.02. The summed E-state index contributed by atoms with van der Waals surface area (Å²) < 4.78 is 18.8. The summed E-state index contributed by atoms with van der Waals surface area (Å²) in [4.78, 5) is 0. The predicted molar refractivity (Wildman–Crippen MR) is 59.7 cm³/mol. The van der Waals surface area contributed by atoms with Gasteiger partial charge in [0, 0.05) is 0 Å². The first kappa shape index (κ1) is 11.6. The largest absolute Gasteiger partial charge is 0.386 e. The molecule has 0 saturated carbocycles. The van der Waals surface area contributed by atoms with Crippen LogP contribution in [0.4, 0.5) is 4.39 Å². The number of aliphatic hydroxyl groups is 1. The zero-order valence-corrected chi connectivity index (χ0v) is 9.61. The van der Waals surface area contributed by atoms with Crippen molar-refractivity contribution >= 4 is 0 Å². The second kappa shape index (κ2) is 4.52. The average Bonchev–Trinajstić information content (AvgIpc) is 2.62. The monoisotopic (exact) mass is 224 g/mol. The van der Waals surface area contributed by atoms with Crippen molar-refractivity contribution < 1.29 is 14.2 Å². The van der Waals surface area contributed by atoms with Gasteiger partial charge in [-0.25, -0.2) is 4.39 Å². The maximum absolute atomic E-state index is 13.2. The van der Waals surface area contributed by atoms with Crippen molar-refractivity contribution in [2.24, 2.45) is 0 Å². The number of hydrogen-bond acceptors (Lipinski definition) is 2. The van der Waals surface area contributed by atoms with Crippen LogP contribution in [-0.4, -0.2) is 17.3 Å². The molecule has 0 bridgehead atoms. The first-order valence-corrected chi connectivity index (χ1v) is 5.67. The number of aryl methyl sites for hydroxylation is 1. The van der Waals surface area contributed by atoms with Crippen LogP contribution in [0.1, 0.15) is 37.0 Å². The maximum atomic E-state index is 13.2. The molecule has 1 fully saturated rings.